The third kappa shape index (κ3) is 4.55. The van der Waals surface area contributed by atoms with Crippen molar-refractivity contribution in [2.75, 3.05) is 19.5 Å². The fourth-order valence-corrected chi connectivity index (χ4v) is 4.45. The van der Waals surface area contributed by atoms with Crippen LogP contribution in [0.2, 0.25) is 5.02 Å². The third-order valence-electron chi connectivity index (χ3n) is 5.03. The van der Waals surface area contributed by atoms with E-state index in [1.54, 1.807) is 26.4 Å². The quantitative estimate of drug-likeness (QED) is 0.425. The van der Waals surface area contributed by atoms with Gasteiger partial charge >= 0.3 is 0 Å². The molecule has 2 heterocycles. The molecule has 0 radical (unpaired) electrons. The Morgan fingerprint density at radius 1 is 1.10 bits per heavy atom. The van der Waals surface area contributed by atoms with Gasteiger partial charge in [-0.05, 0) is 35.4 Å². The van der Waals surface area contributed by atoms with Crippen molar-refractivity contribution in [2.45, 2.75) is 23.2 Å². The molecule has 0 spiro atoms. The minimum Gasteiger partial charge on any atom is -0.493 e. The molecule has 1 unspecified atom stereocenters. The highest BCUT2D eigenvalue weighted by Crippen LogP contribution is 2.38. The Bertz CT molecular complexity index is 1180. The number of rotatable bonds is 6. The van der Waals surface area contributed by atoms with E-state index >= 15 is 0 Å². The average Bonchev–Trinajstić information content (AvgIpc) is 2.77. The number of methoxy groups -OCH3 is 2. The van der Waals surface area contributed by atoms with E-state index in [0.717, 1.165) is 11.1 Å². The molecule has 0 saturated carbocycles. The molecule has 1 aliphatic heterocycles. The van der Waals surface area contributed by atoms with Crippen molar-refractivity contribution in [1.29, 1.82) is 0 Å². The Morgan fingerprint density at radius 3 is 2.55 bits per heavy atom. The number of thioether (sulfide) groups is 1. The van der Waals surface area contributed by atoms with Crippen LogP contribution in [0.25, 0.3) is 0 Å². The Labute approximate surface area is 188 Å². The summed E-state index contributed by atoms with van der Waals surface area (Å²) in [4.78, 5) is 32.7. The summed E-state index contributed by atoms with van der Waals surface area (Å²) in [5.74, 6) is 1.37. The lowest BCUT2D eigenvalue weighted by molar-refractivity contribution is -0.116. The number of hydrogen-bond donors (Lipinski definition) is 2. The zero-order chi connectivity index (χ0) is 22.0. The summed E-state index contributed by atoms with van der Waals surface area (Å²) >= 11 is 7.30. The molecule has 0 saturated heterocycles. The molecule has 0 aliphatic carbocycles. The van der Waals surface area contributed by atoms with Crippen molar-refractivity contribution in [2.24, 2.45) is 0 Å². The molecule has 0 bridgehead atoms. The first-order chi connectivity index (χ1) is 15.0. The van der Waals surface area contributed by atoms with Gasteiger partial charge in [-0.1, -0.05) is 41.6 Å². The number of anilines is 1. The predicted molar refractivity (Wildman–Crippen MR) is 121 cm³/mol. The third-order valence-corrected chi connectivity index (χ3v) is 6.22. The van der Waals surface area contributed by atoms with Crippen molar-refractivity contribution in [1.82, 2.24) is 9.97 Å². The molecule has 1 aromatic heterocycles. The number of H-pyrrole nitrogens is 1. The maximum atomic E-state index is 13.0. The van der Waals surface area contributed by atoms with E-state index in [0.29, 0.717) is 38.8 Å². The number of benzene rings is 2. The summed E-state index contributed by atoms with van der Waals surface area (Å²) in [6.07, 6.45) is 0.143. The zero-order valence-corrected chi connectivity index (χ0v) is 18.5. The Hall–Kier alpha value is -2.97. The fraction of sp³-hybridized carbons (Fsp3) is 0.227. The number of aromatic nitrogens is 2. The molecule has 0 fully saturated rings. The summed E-state index contributed by atoms with van der Waals surface area (Å²) in [7, 11) is 3.10. The maximum absolute atomic E-state index is 13.0. The minimum absolute atomic E-state index is 0.143. The first kappa shape index (κ1) is 21.3. The molecule has 1 aliphatic rings. The molecule has 3 aromatic rings. The molecule has 2 N–H and O–H groups in total. The lowest BCUT2D eigenvalue weighted by Gasteiger charge is -2.25. The first-order valence-electron chi connectivity index (χ1n) is 9.51. The molecular formula is C22H20ClN3O4S. The highest BCUT2D eigenvalue weighted by molar-refractivity contribution is 7.98. The molecule has 4 rings (SSSR count). The van der Waals surface area contributed by atoms with Gasteiger partial charge in [0, 0.05) is 23.1 Å². The van der Waals surface area contributed by atoms with Crippen molar-refractivity contribution >= 4 is 35.1 Å². The van der Waals surface area contributed by atoms with E-state index in [-0.39, 0.29) is 17.9 Å². The molecule has 160 valence electrons. The molecule has 31 heavy (non-hydrogen) atoms. The van der Waals surface area contributed by atoms with Gasteiger partial charge in [0.1, 0.15) is 5.82 Å². The van der Waals surface area contributed by atoms with Crippen LogP contribution in [0.3, 0.4) is 0 Å². The summed E-state index contributed by atoms with van der Waals surface area (Å²) in [5, 5.41) is 3.84. The fourth-order valence-electron chi connectivity index (χ4n) is 3.51. The number of carbonyl (C=O) groups is 1. The molecule has 2 aromatic carbocycles. The van der Waals surface area contributed by atoms with E-state index in [1.165, 1.54) is 11.8 Å². The Kier molecular flexibility index (Phi) is 6.20. The number of fused-ring (bicyclic) bond motifs is 1. The van der Waals surface area contributed by atoms with E-state index in [2.05, 4.69) is 15.3 Å². The summed E-state index contributed by atoms with van der Waals surface area (Å²) < 4.78 is 10.7. The predicted octanol–water partition coefficient (Wildman–Crippen LogP) is 4.21. The summed E-state index contributed by atoms with van der Waals surface area (Å²) in [6, 6.07) is 12.8. The second kappa shape index (κ2) is 9.03. The zero-order valence-electron chi connectivity index (χ0n) is 16.9. The first-order valence-corrected chi connectivity index (χ1v) is 10.9. The molecule has 7 nitrogen and oxygen atoms in total. The summed E-state index contributed by atoms with van der Waals surface area (Å²) in [6.45, 7) is 0. The van der Waals surface area contributed by atoms with Crippen LogP contribution in [0.1, 0.15) is 29.0 Å². The highest BCUT2D eigenvalue weighted by Gasteiger charge is 2.31. The number of nitrogens with one attached hydrogen (secondary N) is 2. The van der Waals surface area contributed by atoms with Gasteiger partial charge in [0.05, 0.1) is 19.8 Å². The van der Waals surface area contributed by atoms with Crippen LogP contribution in [-0.4, -0.2) is 30.1 Å². The number of halogens is 1. The SMILES string of the molecule is COc1ccc(C2CC(=O)Nc3nc(SCc4ccc(Cl)cc4)[nH]c(=O)c32)cc1OC. The molecular weight excluding hydrogens is 438 g/mol. The van der Waals surface area contributed by atoms with E-state index in [1.807, 2.05) is 30.3 Å². The topological polar surface area (TPSA) is 93.3 Å². The lowest BCUT2D eigenvalue weighted by atomic mass is 9.86. The number of ether oxygens (including phenoxy) is 2. The number of amides is 1. The number of carbonyl (C=O) groups excluding carboxylic acids is 1. The van der Waals surface area contributed by atoms with Crippen molar-refractivity contribution in [3.63, 3.8) is 0 Å². The summed E-state index contributed by atoms with van der Waals surface area (Å²) in [5.41, 5.74) is 1.98. The van der Waals surface area contributed by atoms with Crippen LogP contribution in [0.4, 0.5) is 5.82 Å². The maximum Gasteiger partial charge on any atom is 0.257 e. The standard InChI is InChI=1S/C22H20ClN3O4S/c1-29-16-8-5-13(9-17(16)30-2)15-10-18(27)24-20-19(15)21(28)26-22(25-20)31-11-12-3-6-14(23)7-4-12/h3-9,15H,10-11H2,1-2H3,(H2,24,25,26,27,28). The smallest absolute Gasteiger partial charge is 0.257 e. The van der Waals surface area contributed by atoms with Crippen molar-refractivity contribution in [3.05, 3.63) is 74.5 Å². The molecule has 9 heteroatoms. The van der Waals surface area contributed by atoms with Crippen LogP contribution in [0.15, 0.2) is 52.4 Å². The van der Waals surface area contributed by atoms with E-state index in [4.69, 9.17) is 21.1 Å². The second-order valence-corrected chi connectivity index (χ2v) is 8.37. The van der Waals surface area contributed by atoms with E-state index < -0.39 is 5.92 Å². The lowest BCUT2D eigenvalue weighted by Crippen LogP contribution is -2.31. The second-order valence-electron chi connectivity index (χ2n) is 6.97. The van der Waals surface area contributed by atoms with Gasteiger partial charge < -0.3 is 19.8 Å². The van der Waals surface area contributed by atoms with Gasteiger partial charge in [0.2, 0.25) is 5.91 Å². The molecule has 1 amide bonds. The van der Waals surface area contributed by atoms with Crippen molar-refractivity contribution in [3.8, 4) is 11.5 Å². The Morgan fingerprint density at radius 2 is 1.84 bits per heavy atom. The minimum atomic E-state index is -0.435. The Balaban J connectivity index is 1.65. The van der Waals surface area contributed by atoms with Crippen LogP contribution >= 0.6 is 23.4 Å². The normalized spacial score (nSPS) is 15.2. The van der Waals surface area contributed by atoms with Crippen LogP contribution < -0.4 is 20.3 Å². The van der Waals surface area contributed by atoms with Gasteiger partial charge in [-0.15, -0.1) is 0 Å². The number of nitrogens with zero attached hydrogens (tertiary/aromatic N) is 1. The number of aromatic amines is 1. The highest BCUT2D eigenvalue weighted by atomic mass is 35.5. The van der Waals surface area contributed by atoms with Gasteiger partial charge in [0.25, 0.3) is 5.56 Å². The monoisotopic (exact) mass is 457 g/mol. The van der Waals surface area contributed by atoms with Gasteiger partial charge in [-0.2, -0.15) is 0 Å². The van der Waals surface area contributed by atoms with Crippen molar-refractivity contribution < 1.29 is 14.3 Å². The van der Waals surface area contributed by atoms with Crippen LogP contribution in [0, 0.1) is 0 Å². The van der Waals surface area contributed by atoms with Gasteiger partial charge in [-0.25, -0.2) is 4.98 Å². The van der Waals surface area contributed by atoms with E-state index in [9.17, 15) is 9.59 Å². The molecule has 1 atom stereocenters. The van der Waals surface area contributed by atoms with Gasteiger partial charge in [-0.3, -0.25) is 9.59 Å². The van der Waals surface area contributed by atoms with Crippen LogP contribution in [-0.2, 0) is 10.5 Å². The van der Waals surface area contributed by atoms with Crippen LogP contribution in [0.5, 0.6) is 11.5 Å². The number of hydrogen-bond acceptors (Lipinski definition) is 6. The van der Waals surface area contributed by atoms with Gasteiger partial charge in [0.15, 0.2) is 16.7 Å². The largest absolute Gasteiger partial charge is 0.493 e. The average molecular weight is 458 g/mol.